The van der Waals surface area contributed by atoms with Gasteiger partial charge in [0, 0.05) is 35.3 Å². The van der Waals surface area contributed by atoms with Gasteiger partial charge in [0.15, 0.2) is 11.5 Å². The number of nitrogens with one attached hydrogen (secondary N) is 2. The minimum atomic E-state index is -0.126. The molecule has 46 heavy (non-hydrogen) atoms. The molecule has 5 rings (SSSR count). The summed E-state index contributed by atoms with van der Waals surface area (Å²) in [5.41, 5.74) is 10.8. The Bertz CT molecular complexity index is 1660. The SMILES string of the molecule is COc1c(Cc2ccccc2)c(NC(C)c2cccc(C(C)Nc3c(C)cccc3C)n2)c(Cc2ccccc2)c(OC)c1OC. The van der Waals surface area contributed by atoms with E-state index in [1.54, 1.807) is 21.3 Å². The first-order valence-electron chi connectivity index (χ1n) is 15.8. The Balaban J connectivity index is 1.58. The predicted octanol–water partition coefficient (Wildman–Crippen LogP) is 9.25. The van der Waals surface area contributed by atoms with Crippen molar-refractivity contribution in [2.24, 2.45) is 0 Å². The highest BCUT2D eigenvalue weighted by molar-refractivity contribution is 5.76. The van der Waals surface area contributed by atoms with E-state index >= 15 is 0 Å². The van der Waals surface area contributed by atoms with Gasteiger partial charge in [0.25, 0.3) is 0 Å². The maximum atomic E-state index is 6.07. The third-order valence-corrected chi connectivity index (χ3v) is 8.51. The Morgan fingerprint density at radius 1 is 0.522 bits per heavy atom. The van der Waals surface area contributed by atoms with Gasteiger partial charge in [0.1, 0.15) is 0 Å². The lowest BCUT2D eigenvalue weighted by atomic mass is 9.93. The highest BCUT2D eigenvalue weighted by Gasteiger charge is 2.28. The lowest BCUT2D eigenvalue weighted by molar-refractivity contribution is 0.321. The summed E-state index contributed by atoms with van der Waals surface area (Å²) in [5.74, 6) is 1.90. The standard InChI is InChI=1S/C40H45N3O3/c1-26-16-14-17-27(2)36(26)41-28(3)34-22-15-23-35(43-34)29(4)42-37-32(24-30-18-10-8-11-19-30)38(44-5)40(46-7)39(45-6)33(37)25-31-20-12-9-13-21-31/h8-23,28-29,41-42H,24-25H2,1-7H3. The molecule has 0 spiro atoms. The third-order valence-electron chi connectivity index (χ3n) is 8.51. The fourth-order valence-electron chi connectivity index (χ4n) is 6.09. The Labute approximate surface area is 273 Å². The van der Waals surface area contributed by atoms with Gasteiger partial charge in [-0.05, 0) is 62.1 Å². The van der Waals surface area contributed by atoms with Crippen LogP contribution in [0, 0.1) is 13.8 Å². The van der Waals surface area contributed by atoms with Crippen molar-refractivity contribution < 1.29 is 14.2 Å². The van der Waals surface area contributed by atoms with Crippen molar-refractivity contribution in [1.29, 1.82) is 0 Å². The van der Waals surface area contributed by atoms with Gasteiger partial charge < -0.3 is 24.8 Å². The normalized spacial score (nSPS) is 12.2. The summed E-state index contributed by atoms with van der Waals surface area (Å²) in [4.78, 5) is 5.16. The van der Waals surface area contributed by atoms with E-state index in [1.165, 1.54) is 22.3 Å². The molecular weight excluding hydrogens is 570 g/mol. The molecule has 1 heterocycles. The lowest BCUT2D eigenvalue weighted by Crippen LogP contribution is -2.17. The van der Waals surface area contributed by atoms with Crippen LogP contribution in [0.4, 0.5) is 11.4 Å². The zero-order valence-electron chi connectivity index (χ0n) is 28.0. The van der Waals surface area contributed by atoms with Crippen LogP contribution < -0.4 is 24.8 Å². The third kappa shape index (κ3) is 7.12. The highest BCUT2D eigenvalue weighted by Crippen LogP contribution is 2.50. The maximum Gasteiger partial charge on any atom is 0.204 e. The second-order valence-electron chi connectivity index (χ2n) is 11.7. The molecular formula is C40H45N3O3. The lowest BCUT2D eigenvalue weighted by Gasteiger charge is -2.27. The largest absolute Gasteiger partial charge is 0.492 e. The minimum Gasteiger partial charge on any atom is -0.492 e. The van der Waals surface area contributed by atoms with Crippen LogP contribution in [-0.4, -0.2) is 26.3 Å². The minimum absolute atomic E-state index is 0.0235. The summed E-state index contributed by atoms with van der Waals surface area (Å²) < 4.78 is 18.1. The molecule has 0 aliphatic rings. The number of methoxy groups -OCH3 is 3. The molecule has 0 bridgehead atoms. The van der Waals surface area contributed by atoms with Crippen LogP contribution in [0.1, 0.15) is 70.7 Å². The van der Waals surface area contributed by atoms with Gasteiger partial charge in [0.2, 0.25) is 5.75 Å². The average Bonchev–Trinajstić information content (AvgIpc) is 3.08. The molecule has 2 unspecified atom stereocenters. The number of hydrogen-bond acceptors (Lipinski definition) is 6. The summed E-state index contributed by atoms with van der Waals surface area (Å²) in [6, 6.07) is 33.4. The monoisotopic (exact) mass is 615 g/mol. The zero-order chi connectivity index (χ0) is 32.6. The first-order chi connectivity index (χ1) is 22.3. The maximum absolute atomic E-state index is 6.07. The van der Waals surface area contributed by atoms with Gasteiger partial charge in [-0.25, -0.2) is 0 Å². The molecule has 5 aromatic rings. The molecule has 238 valence electrons. The van der Waals surface area contributed by atoms with Gasteiger partial charge in [-0.1, -0.05) is 84.9 Å². The molecule has 0 saturated carbocycles. The van der Waals surface area contributed by atoms with Crippen LogP contribution in [0.2, 0.25) is 0 Å². The van der Waals surface area contributed by atoms with E-state index in [1.807, 2.05) is 12.1 Å². The fraction of sp³-hybridized carbons (Fsp3) is 0.275. The van der Waals surface area contributed by atoms with E-state index in [0.29, 0.717) is 30.1 Å². The number of ether oxygens (including phenoxy) is 3. The molecule has 2 atom stereocenters. The molecule has 4 aromatic carbocycles. The number of anilines is 2. The number of aromatic nitrogens is 1. The van der Waals surface area contributed by atoms with Crippen molar-refractivity contribution in [3.63, 3.8) is 0 Å². The Kier molecular flexibility index (Phi) is 10.5. The Morgan fingerprint density at radius 3 is 1.37 bits per heavy atom. The number of rotatable bonds is 13. The summed E-state index contributed by atoms with van der Waals surface area (Å²) in [6.45, 7) is 8.58. The molecule has 6 nitrogen and oxygen atoms in total. The van der Waals surface area contributed by atoms with Crippen molar-refractivity contribution in [1.82, 2.24) is 4.98 Å². The molecule has 0 fully saturated rings. The van der Waals surface area contributed by atoms with Crippen LogP contribution in [0.15, 0.2) is 97.1 Å². The number of benzene rings is 4. The van der Waals surface area contributed by atoms with Gasteiger partial charge in [-0.3, -0.25) is 4.98 Å². The molecule has 1 aromatic heterocycles. The van der Waals surface area contributed by atoms with Crippen molar-refractivity contribution >= 4 is 11.4 Å². The van der Waals surface area contributed by atoms with E-state index in [-0.39, 0.29) is 12.1 Å². The number of aryl methyl sites for hydroxylation is 2. The summed E-state index contributed by atoms with van der Waals surface area (Å²) in [5, 5.41) is 7.57. The van der Waals surface area contributed by atoms with Gasteiger partial charge >= 0.3 is 0 Å². The van der Waals surface area contributed by atoms with Crippen LogP contribution >= 0.6 is 0 Å². The first-order valence-corrected chi connectivity index (χ1v) is 15.8. The summed E-state index contributed by atoms with van der Waals surface area (Å²) in [7, 11) is 5.04. The molecule has 0 aliphatic carbocycles. The Hall–Kier alpha value is -4.97. The molecule has 0 saturated heterocycles. The summed E-state index contributed by atoms with van der Waals surface area (Å²) in [6.07, 6.45) is 1.29. The number of nitrogens with zero attached hydrogens (tertiary/aromatic N) is 1. The van der Waals surface area contributed by atoms with E-state index in [0.717, 1.165) is 33.9 Å². The van der Waals surface area contributed by atoms with Gasteiger partial charge in [0.05, 0.1) is 44.8 Å². The van der Waals surface area contributed by atoms with Crippen molar-refractivity contribution in [2.45, 2.75) is 52.6 Å². The molecule has 6 heteroatoms. The number of pyridine rings is 1. The van der Waals surface area contributed by atoms with Gasteiger partial charge in [-0.15, -0.1) is 0 Å². The first kappa shape index (κ1) is 32.4. The quantitative estimate of drug-likeness (QED) is 0.138. The summed E-state index contributed by atoms with van der Waals surface area (Å²) >= 11 is 0. The zero-order valence-corrected chi connectivity index (χ0v) is 28.0. The number of hydrogen-bond donors (Lipinski definition) is 2. The van der Waals surface area contributed by atoms with E-state index in [4.69, 9.17) is 19.2 Å². The van der Waals surface area contributed by atoms with Crippen molar-refractivity contribution in [3.8, 4) is 17.2 Å². The van der Waals surface area contributed by atoms with Crippen LogP contribution in [0.25, 0.3) is 0 Å². The second-order valence-corrected chi connectivity index (χ2v) is 11.7. The fourth-order valence-corrected chi connectivity index (χ4v) is 6.09. The molecule has 2 N–H and O–H groups in total. The van der Waals surface area contributed by atoms with Crippen LogP contribution in [0.3, 0.4) is 0 Å². The van der Waals surface area contributed by atoms with Crippen molar-refractivity contribution in [3.05, 3.63) is 142 Å². The Morgan fingerprint density at radius 2 is 0.935 bits per heavy atom. The second kappa shape index (κ2) is 14.9. The smallest absolute Gasteiger partial charge is 0.204 e. The van der Waals surface area contributed by atoms with E-state index in [2.05, 4.69) is 123 Å². The predicted molar refractivity (Wildman–Crippen MR) is 189 cm³/mol. The molecule has 0 aliphatic heterocycles. The van der Waals surface area contributed by atoms with Gasteiger partial charge in [-0.2, -0.15) is 0 Å². The van der Waals surface area contributed by atoms with E-state index < -0.39 is 0 Å². The molecule has 0 radical (unpaired) electrons. The average molecular weight is 616 g/mol. The van der Waals surface area contributed by atoms with Crippen molar-refractivity contribution in [2.75, 3.05) is 32.0 Å². The van der Waals surface area contributed by atoms with E-state index in [9.17, 15) is 0 Å². The van der Waals surface area contributed by atoms with Crippen LogP contribution in [0.5, 0.6) is 17.2 Å². The molecule has 0 amide bonds. The highest BCUT2D eigenvalue weighted by atomic mass is 16.5. The van der Waals surface area contributed by atoms with Crippen LogP contribution in [-0.2, 0) is 12.8 Å². The number of para-hydroxylation sites is 1. The topological polar surface area (TPSA) is 64.6 Å².